The summed E-state index contributed by atoms with van der Waals surface area (Å²) in [7, 11) is -1.75. The van der Waals surface area contributed by atoms with Gasteiger partial charge in [0.25, 0.3) is 0 Å². The van der Waals surface area contributed by atoms with Crippen LogP contribution in [0, 0.1) is 5.41 Å². The fourth-order valence-corrected chi connectivity index (χ4v) is 3.22. The Morgan fingerprint density at radius 3 is 2.44 bits per heavy atom. The largest absolute Gasteiger partial charge is 0.396 e. The summed E-state index contributed by atoms with van der Waals surface area (Å²) < 4.78 is 28.7. The van der Waals surface area contributed by atoms with E-state index in [9.17, 15) is 8.42 Å². The lowest BCUT2D eigenvalue weighted by Crippen LogP contribution is -2.44. The highest BCUT2D eigenvalue weighted by Gasteiger charge is 2.29. The van der Waals surface area contributed by atoms with Gasteiger partial charge in [-0.2, -0.15) is 0 Å². The zero-order valence-electron chi connectivity index (χ0n) is 11.3. The Labute approximate surface area is 109 Å². The molecule has 0 saturated heterocycles. The van der Waals surface area contributed by atoms with Crippen LogP contribution in [0.15, 0.2) is 23.4 Å². The number of sulfonamides is 1. The number of aliphatic hydroxyl groups is 1. The van der Waals surface area contributed by atoms with E-state index in [1.807, 2.05) is 20.8 Å². The average Bonchev–Trinajstić information content (AvgIpc) is 2.63. The summed E-state index contributed by atoms with van der Waals surface area (Å²) in [4.78, 5) is 0.247. The van der Waals surface area contributed by atoms with E-state index in [0.717, 1.165) is 0 Å². The quantitative estimate of drug-likeness (QED) is 0.844. The van der Waals surface area contributed by atoms with Gasteiger partial charge in [-0.1, -0.05) is 20.8 Å². The molecule has 1 aromatic rings. The third kappa shape index (κ3) is 3.83. The first-order chi connectivity index (χ1) is 8.16. The lowest BCUT2D eigenvalue weighted by molar-refractivity contribution is 0.214. The van der Waals surface area contributed by atoms with E-state index >= 15 is 0 Å². The maximum atomic E-state index is 12.2. The third-order valence-corrected chi connectivity index (χ3v) is 4.33. The van der Waals surface area contributed by atoms with Gasteiger partial charge in [0, 0.05) is 32.1 Å². The van der Waals surface area contributed by atoms with Crippen molar-refractivity contribution in [2.24, 2.45) is 12.5 Å². The van der Waals surface area contributed by atoms with Crippen LogP contribution >= 0.6 is 0 Å². The SMILES string of the molecule is Cn1ccc(S(=O)(=O)NC(CCO)C(C)(C)C)c1. The van der Waals surface area contributed by atoms with Crippen molar-refractivity contribution in [2.45, 2.75) is 38.1 Å². The van der Waals surface area contributed by atoms with Gasteiger partial charge in [0.2, 0.25) is 10.0 Å². The molecule has 2 N–H and O–H groups in total. The van der Waals surface area contributed by atoms with Gasteiger partial charge in [0.15, 0.2) is 0 Å². The molecule has 1 unspecified atom stereocenters. The fraction of sp³-hybridized carbons (Fsp3) is 0.667. The minimum absolute atomic E-state index is 0.0424. The van der Waals surface area contributed by atoms with Gasteiger partial charge in [-0.05, 0) is 17.9 Å². The molecule has 6 heteroatoms. The number of hydrogen-bond donors (Lipinski definition) is 2. The van der Waals surface area contributed by atoms with Crippen molar-refractivity contribution in [1.82, 2.24) is 9.29 Å². The molecule has 0 aliphatic heterocycles. The van der Waals surface area contributed by atoms with Crippen molar-refractivity contribution in [1.29, 1.82) is 0 Å². The van der Waals surface area contributed by atoms with Gasteiger partial charge in [0.1, 0.15) is 0 Å². The van der Waals surface area contributed by atoms with E-state index in [-0.39, 0.29) is 23.0 Å². The summed E-state index contributed by atoms with van der Waals surface area (Å²) in [6.45, 7) is 5.79. The first-order valence-corrected chi connectivity index (χ1v) is 7.40. The standard InChI is InChI=1S/C12H22N2O3S/c1-12(2,3)11(6-8-15)13-18(16,17)10-5-7-14(4)9-10/h5,7,9,11,13,15H,6,8H2,1-4H3. The van der Waals surface area contributed by atoms with Crippen molar-refractivity contribution in [3.8, 4) is 0 Å². The monoisotopic (exact) mass is 274 g/mol. The minimum atomic E-state index is -3.53. The second-order valence-corrected chi connectivity index (χ2v) is 7.28. The predicted molar refractivity (Wildman–Crippen MR) is 70.7 cm³/mol. The van der Waals surface area contributed by atoms with Gasteiger partial charge in [-0.15, -0.1) is 0 Å². The lowest BCUT2D eigenvalue weighted by Gasteiger charge is -2.30. The molecule has 0 amide bonds. The molecule has 0 bridgehead atoms. The first kappa shape index (κ1) is 15.2. The van der Waals surface area contributed by atoms with Crippen LogP contribution in [0.4, 0.5) is 0 Å². The van der Waals surface area contributed by atoms with E-state index in [2.05, 4.69) is 4.72 Å². The van der Waals surface area contributed by atoms with Crippen molar-refractivity contribution in [2.75, 3.05) is 6.61 Å². The van der Waals surface area contributed by atoms with Crippen molar-refractivity contribution >= 4 is 10.0 Å². The summed E-state index contributed by atoms with van der Waals surface area (Å²) in [6.07, 6.45) is 3.64. The van der Waals surface area contributed by atoms with Crippen LogP contribution in [-0.2, 0) is 17.1 Å². The number of aliphatic hydroxyl groups excluding tert-OH is 1. The Morgan fingerprint density at radius 1 is 1.44 bits per heavy atom. The Balaban J connectivity index is 2.93. The summed E-state index contributed by atoms with van der Waals surface area (Å²) in [5.41, 5.74) is -0.245. The molecule has 1 aromatic heterocycles. The molecule has 0 fully saturated rings. The molecule has 18 heavy (non-hydrogen) atoms. The third-order valence-electron chi connectivity index (χ3n) is 2.88. The molecule has 1 atom stereocenters. The highest BCUT2D eigenvalue weighted by Crippen LogP contribution is 2.23. The molecular formula is C12H22N2O3S. The highest BCUT2D eigenvalue weighted by molar-refractivity contribution is 7.89. The van der Waals surface area contributed by atoms with Crippen LogP contribution in [0.25, 0.3) is 0 Å². The fourth-order valence-electron chi connectivity index (χ4n) is 1.69. The molecule has 1 heterocycles. The molecule has 5 nitrogen and oxygen atoms in total. The van der Waals surface area contributed by atoms with Gasteiger partial charge < -0.3 is 9.67 Å². The maximum absolute atomic E-state index is 12.2. The molecule has 0 aliphatic carbocycles. The normalized spacial score (nSPS) is 14.7. The van der Waals surface area contributed by atoms with Crippen LogP contribution < -0.4 is 4.72 Å². The van der Waals surface area contributed by atoms with Crippen molar-refractivity contribution in [3.05, 3.63) is 18.5 Å². The Bertz CT molecular complexity index is 486. The Morgan fingerprint density at radius 2 is 2.06 bits per heavy atom. The predicted octanol–water partition coefficient (Wildman–Crippen LogP) is 1.10. The number of nitrogens with zero attached hydrogens (tertiary/aromatic N) is 1. The molecule has 0 spiro atoms. The number of aryl methyl sites for hydroxylation is 1. The molecule has 104 valence electrons. The first-order valence-electron chi connectivity index (χ1n) is 5.92. The van der Waals surface area contributed by atoms with Gasteiger partial charge in [-0.25, -0.2) is 13.1 Å². The smallest absolute Gasteiger partial charge is 0.242 e. The zero-order valence-corrected chi connectivity index (χ0v) is 12.2. The summed E-state index contributed by atoms with van der Waals surface area (Å²) >= 11 is 0. The van der Waals surface area contributed by atoms with Crippen molar-refractivity contribution in [3.63, 3.8) is 0 Å². The van der Waals surface area contributed by atoms with E-state index in [0.29, 0.717) is 6.42 Å². The van der Waals surface area contributed by atoms with E-state index < -0.39 is 10.0 Å². The summed E-state index contributed by atoms with van der Waals surface area (Å²) in [5, 5.41) is 9.03. The van der Waals surface area contributed by atoms with Crippen LogP contribution in [0.1, 0.15) is 27.2 Å². The second-order valence-electron chi connectivity index (χ2n) is 5.56. The Kier molecular flexibility index (Phi) is 4.58. The molecule has 1 rings (SSSR count). The molecule has 0 aliphatic rings. The molecular weight excluding hydrogens is 252 g/mol. The van der Waals surface area contributed by atoms with E-state index in [1.165, 1.54) is 0 Å². The van der Waals surface area contributed by atoms with Crippen LogP contribution in [0.5, 0.6) is 0 Å². The number of hydrogen-bond acceptors (Lipinski definition) is 3. The van der Waals surface area contributed by atoms with Crippen molar-refractivity contribution < 1.29 is 13.5 Å². The minimum Gasteiger partial charge on any atom is -0.396 e. The van der Waals surface area contributed by atoms with Crippen LogP contribution in [0.2, 0.25) is 0 Å². The van der Waals surface area contributed by atoms with Crippen LogP contribution in [-0.4, -0.2) is 30.7 Å². The summed E-state index contributed by atoms with van der Waals surface area (Å²) in [5.74, 6) is 0. The topological polar surface area (TPSA) is 71.3 Å². The molecule has 0 saturated carbocycles. The Hall–Kier alpha value is -0.850. The molecule has 0 radical (unpaired) electrons. The number of rotatable bonds is 5. The molecule has 0 aromatic carbocycles. The maximum Gasteiger partial charge on any atom is 0.242 e. The van der Waals surface area contributed by atoms with Gasteiger partial charge >= 0.3 is 0 Å². The number of aromatic nitrogens is 1. The van der Waals surface area contributed by atoms with E-state index in [1.54, 1.807) is 30.1 Å². The summed E-state index contributed by atoms with van der Waals surface area (Å²) in [6, 6.07) is 1.26. The lowest BCUT2D eigenvalue weighted by atomic mass is 9.86. The van der Waals surface area contributed by atoms with Gasteiger partial charge in [-0.3, -0.25) is 0 Å². The van der Waals surface area contributed by atoms with E-state index in [4.69, 9.17) is 5.11 Å². The van der Waals surface area contributed by atoms with Gasteiger partial charge in [0.05, 0.1) is 4.90 Å². The second kappa shape index (κ2) is 5.42. The van der Waals surface area contributed by atoms with Crippen LogP contribution in [0.3, 0.4) is 0 Å². The zero-order chi connectivity index (χ0) is 14.0. The average molecular weight is 274 g/mol. The highest BCUT2D eigenvalue weighted by atomic mass is 32.2. The number of nitrogens with one attached hydrogen (secondary N) is 1.